The molecule has 1 rings (SSSR count). The Morgan fingerprint density at radius 1 is 1.14 bits per heavy atom. The monoisotopic (exact) mass is 437 g/mol. The summed E-state index contributed by atoms with van der Waals surface area (Å²) >= 11 is 15.0. The van der Waals surface area contributed by atoms with Crippen LogP contribution in [0.15, 0.2) is 21.5 Å². The maximum Gasteiger partial charge on any atom is 0.243 e. The van der Waals surface area contributed by atoms with E-state index in [1.165, 1.54) is 26.0 Å². The van der Waals surface area contributed by atoms with Gasteiger partial charge >= 0.3 is 0 Å². The van der Waals surface area contributed by atoms with Crippen molar-refractivity contribution in [2.75, 3.05) is 12.8 Å². The standard InChI is InChI=1S/C11H14BrCl2NO4S2/c1-11(2,20(3,16)17)6-15-21(18,19)10-8(13)4-7(12)5-9(10)14/h4-5,15H,6H2,1-3H3. The number of halogens is 3. The van der Waals surface area contributed by atoms with Crippen molar-refractivity contribution in [3.05, 3.63) is 26.7 Å². The lowest BCUT2D eigenvalue weighted by atomic mass is 10.2. The molecule has 0 aliphatic rings. The van der Waals surface area contributed by atoms with Crippen LogP contribution in [0.2, 0.25) is 10.0 Å². The predicted molar refractivity (Wildman–Crippen MR) is 88.3 cm³/mol. The number of hydrogen-bond donors (Lipinski definition) is 1. The highest BCUT2D eigenvalue weighted by Crippen LogP contribution is 2.32. The summed E-state index contributed by atoms with van der Waals surface area (Å²) in [5, 5.41) is -0.113. The number of hydrogen-bond acceptors (Lipinski definition) is 4. The van der Waals surface area contributed by atoms with E-state index in [1.54, 1.807) is 0 Å². The van der Waals surface area contributed by atoms with Crippen molar-refractivity contribution in [3.8, 4) is 0 Å². The van der Waals surface area contributed by atoms with E-state index >= 15 is 0 Å². The molecule has 0 saturated heterocycles. The third-order valence-corrected chi connectivity index (χ3v) is 7.86. The van der Waals surface area contributed by atoms with Crippen molar-refractivity contribution in [3.63, 3.8) is 0 Å². The van der Waals surface area contributed by atoms with Crippen molar-refractivity contribution in [1.82, 2.24) is 4.72 Å². The number of nitrogens with one attached hydrogen (secondary N) is 1. The molecule has 0 atom stereocenters. The molecule has 0 radical (unpaired) electrons. The van der Waals surface area contributed by atoms with Crippen molar-refractivity contribution in [1.29, 1.82) is 0 Å². The molecule has 0 bridgehead atoms. The van der Waals surface area contributed by atoms with Gasteiger partial charge < -0.3 is 0 Å². The number of sulfone groups is 1. The third kappa shape index (κ3) is 4.56. The molecule has 21 heavy (non-hydrogen) atoms. The molecule has 0 heterocycles. The van der Waals surface area contributed by atoms with Gasteiger partial charge in [0.25, 0.3) is 0 Å². The van der Waals surface area contributed by atoms with E-state index in [0.29, 0.717) is 4.47 Å². The molecule has 0 amide bonds. The van der Waals surface area contributed by atoms with E-state index in [9.17, 15) is 16.8 Å². The normalized spacial score (nSPS) is 13.4. The van der Waals surface area contributed by atoms with Gasteiger partial charge in [-0.2, -0.15) is 0 Å². The molecule has 5 nitrogen and oxygen atoms in total. The van der Waals surface area contributed by atoms with Gasteiger partial charge in [0, 0.05) is 17.3 Å². The molecule has 1 N–H and O–H groups in total. The van der Waals surface area contributed by atoms with Crippen LogP contribution in [-0.4, -0.2) is 34.4 Å². The van der Waals surface area contributed by atoms with Crippen LogP contribution in [0.1, 0.15) is 13.8 Å². The highest BCUT2D eigenvalue weighted by atomic mass is 79.9. The van der Waals surface area contributed by atoms with Crippen LogP contribution in [-0.2, 0) is 19.9 Å². The molecule has 0 spiro atoms. The minimum absolute atomic E-state index is 0.0564. The molecule has 120 valence electrons. The first-order chi connectivity index (χ1) is 9.28. The molecule has 0 fully saturated rings. The summed E-state index contributed by atoms with van der Waals surface area (Å²) in [6.07, 6.45) is 1.04. The number of sulfonamides is 1. The molecule has 0 saturated carbocycles. The van der Waals surface area contributed by atoms with Gasteiger partial charge in [-0.15, -0.1) is 0 Å². The first kappa shape index (κ1) is 19.2. The quantitative estimate of drug-likeness (QED) is 0.766. The fourth-order valence-electron chi connectivity index (χ4n) is 1.26. The lowest BCUT2D eigenvalue weighted by molar-refractivity contribution is 0.537. The topological polar surface area (TPSA) is 80.3 Å². The molecule has 0 unspecified atom stereocenters. The SMILES string of the molecule is CC(C)(CNS(=O)(=O)c1c(Cl)cc(Br)cc1Cl)S(C)(=O)=O. The van der Waals surface area contributed by atoms with E-state index in [0.717, 1.165) is 6.26 Å². The van der Waals surface area contributed by atoms with Crippen LogP contribution < -0.4 is 4.72 Å². The average Bonchev–Trinajstić information content (AvgIpc) is 2.23. The van der Waals surface area contributed by atoms with Gasteiger partial charge in [0.15, 0.2) is 9.84 Å². The molecule has 1 aromatic carbocycles. The summed E-state index contributed by atoms with van der Waals surface area (Å²) in [6, 6.07) is 2.79. The largest absolute Gasteiger partial charge is 0.243 e. The number of rotatable bonds is 5. The van der Waals surface area contributed by atoms with E-state index in [1.807, 2.05) is 0 Å². The van der Waals surface area contributed by atoms with Gasteiger partial charge in [0.05, 0.1) is 14.8 Å². The summed E-state index contributed by atoms with van der Waals surface area (Å²) in [4.78, 5) is -0.279. The maximum absolute atomic E-state index is 12.3. The Morgan fingerprint density at radius 3 is 1.95 bits per heavy atom. The molecule has 0 aliphatic carbocycles. The first-order valence-corrected chi connectivity index (χ1v) is 10.5. The Labute approximate surface area is 143 Å². The van der Waals surface area contributed by atoms with Crippen LogP contribution in [0, 0.1) is 0 Å². The second kappa shape index (κ2) is 6.33. The number of benzene rings is 1. The second-order valence-corrected chi connectivity index (χ2v) is 11.1. The summed E-state index contributed by atoms with van der Waals surface area (Å²) in [5.41, 5.74) is 0. The highest BCUT2D eigenvalue weighted by Gasteiger charge is 2.33. The minimum Gasteiger partial charge on any atom is -0.229 e. The summed E-state index contributed by atoms with van der Waals surface area (Å²) in [7, 11) is -7.47. The smallest absolute Gasteiger partial charge is 0.229 e. The molecular weight excluding hydrogens is 425 g/mol. The van der Waals surface area contributed by atoms with Gasteiger partial charge in [-0.25, -0.2) is 21.6 Å². The van der Waals surface area contributed by atoms with Gasteiger partial charge in [0.1, 0.15) is 4.90 Å². The lowest BCUT2D eigenvalue weighted by Gasteiger charge is -2.23. The van der Waals surface area contributed by atoms with Crippen molar-refractivity contribution in [2.24, 2.45) is 0 Å². The lowest BCUT2D eigenvalue weighted by Crippen LogP contribution is -2.43. The van der Waals surface area contributed by atoms with Crippen LogP contribution in [0.3, 0.4) is 0 Å². The predicted octanol–water partition coefficient (Wildman–Crippen LogP) is 2.86. The zero-order valence-corrected chi connectivity index (χ0v) is 16.2. The fourth-order valence-corrected chi connectivity index (χ4v) is 4.83. The molecule has 1 aromatic rings. The fraction of sp³-hybridized carbons (Fsp3) is 0.455. The Bertz CT molecular complexity index is 737. The van der Waals surface area contributed by atoms with E-state index < -0.39 is 24.6 Å². The summed E-state index contributed by atoms with van der Waals surface area (Å²) < 4.78 is 49.2. The van der Waals surface area contributed by atoms with Crippen LogP contribution in [0.25, 0.3) is 0 Å². The van der Waals surface area contributed by atoms with Crippen molar-refractivity contribution in [2.45, 2.75) is 23.5 Å². The van der Waals surface area contributed by atoms with E-state index in [2.05, 4.69) is 20.7 Å². The van der Waals surface area contributed by atoms with Crippen LogP contribution in [0.5, 0.6) is 0 Å². The van der Waals surface area contributed by atoms with Crippen molar-refractivity contribution < 1.29 is 16.8 Å². The van der Waals surface area contributed by atoms with Crippen LogP contribution in [0.4, 0.5) is 0 Å². The zero-order valence-electron chi connectivity index (χ0n) is 11.4. The summed E-state index contributed by atoms with van der Waals surface area (Å²) in [5.74, 6) is 0. The molecular formula is C11H14BrCl2NO4S2. The molecule has 0 aromatic heterocycles. The summed E-state index contributed by atoms with van der Waals surface area (Å²) in [6.45, 7) is 2.56. The van der Waals surface area contributed by atoms with Gasteiger partial charge in [0.2, 0.25) is 10.0 Å². The Morgan fingerprint density at radius 2 is 1.57 bits per heavy atom. The van der Waals surface area contributed by atoms with Crippen molar-refractivity contribution >= 4 is 59.0 Å². The Hall–Kier alpha value is 0.140. The average molecular weight is 439 g/mol. The van der Waals surface area contributed by atoms with E-state index in [4.69, 9.17) is 23.2 Å². The zero-order chi connectivity index (χ0) is 16.6. The highest BCUT2D eigenvalue weighted by molar-refractivity contribution is 9.10. The van der Waals surface area contributed by atoms with Gasteiger partial charge in [-0.3, -0.25) is 0 Å². The van der Waals surface area contributed by atoms with Crippen LogP contribution >= 0.6 is 39.1 Å². The van der Waals surface area contributed by atoms with Gasteiger partial charge in [-0.1, -0.05) is 39.1 Å². The minimum atomic E-state index is -4.03. The Kier molecular flexibility index (Phi) is 5.78. The van der Waals surface area contributed by atoms with E-state index in [-0.39, 0.29) is 21.5 Å². The molecule has 10 heteroatoms. The maximum atomic E-state index is 12.3. The first-order valence-electron chi connectivity index (χ1n) is 5.62. The Balaban J connectivity index is 3.16. The molecule has 0 aliphatic heterocycles. The second-order valence-electron chi connectivity index (χ2n) is 5.05. The third-order valence-electron chi connectivity index (χ3n) is 2.92. The van der Waals surface area contributed by atoms with Gasteiger partial charge in [-0.05, 0) is 26.0 Å².